The first-order valence-corrected chi connectivity index (χ1v) is 5.87. The van der Waals surface area contributed by atoms with Crippen LogP contribution in [0.3, 0.4) is 0 Å². The van der Waals surface area contributed by atoms with Crippen molar-refractivity contribution in [3.05, 3.63) is 58.6 Å². The fourth-order valence-corrected chi connectivity index (χ4v) is 1.82. The second kappa shape index (κ2) is 5.01. The van der Waals surface area contributed by atoms with Crippen LogP contribution in [0, 0.1) is 0 Å². The van der Waals surface area contributed by atoms with Gasteiger partial charge < -0.3 is 11.1 Å². The Balaban J connectivity index is 2.20. The number of carbonyl (C=O) groups excluding carboxylic acids is 1. The summed E-state index contributed by atoms with van der Waals surface area (Å²) in [6, 6.07) is 14.3. The maximum atomic E-state index is 11.9. The number of hydrogen-bond acceptors (Lipinski definition) is 2. The molecule has 3 nitrogen and oxygen atoms in total. The minimum absolute atomic E-state index is 0.177. The molecule has 17 heavy (non-hydrogen) atoms. The first-order chi connectivity index (χ1) is 8.16. The zero-order valence-electron chi connectivity index (χ0n) is 8.98. The summed E-state index contributed by atoms with van der Waals surface area (Å²) in [6.07, 6.45) is 0. The van der Waals surface area contributed by atoms with Crippen molar-refractivity contribution in [2.45, 2.75) is 0 Å². The van der Waals surface area contributed by atoms with Crippen molar-refractivity contribution in [1.29, 1.82) is 0 Å². The van der Waals surface area contributed by atoms with Crippen molar-refractivity contribution >= 4 is 33.2 Å². The molecule has 0 aromatic heterocycles. The van der Waals surface area contributed by atoms with Gasteiger partial charge in [-0.2, -0.15) is 0 Å². The molecule has 2 aromatic rings. The molecule has 1 amide bonds. The van der Waals surface area contributed by atoms with E-state index in [1.165, 1.54) is 0 Å². The summed E-state index contributed by atoms with van der Waals surface area (Å²) in [5.41, 5.74) is 7.48. The molecule has 0 aliphatic carbocycles. The number of benzene rings is 2. The third kappa shape index (κ3) is 2.85. The van der Waals surface area contributed by atoms with Gasteiger partial charge >= 0.3 is 0 Å². The van der Waals surface area contributed by atoms with Crippen LogP contribution < -0.4 is 11.1 Å². The number of nitrogen functional groups attached to an aromatic ring is 1. The Morgan fingerprint density at radius 1 is 1.12 bits per heavy atom. The quantitative estimate of drug-likeness (QED) is 0.834. The molecular weight excluding hydrogens is 280 g/mol. The fourth-order valence-electron chi connectivity index (χ4n) is 1.44. The second-order valence-corrected chi connectivity index (χ2v) is 4.41. The van der Waals surface area contributed by atoms with Crippen molar-refractivity contribution in [3.8, 4) is 0 Å². The van der Waals surface area contributed by atoms with Crippen LogP contribution in [0.2, 0.25) is 0 Å². The zero-order chi connectivity index (χ0) is 12.3. The van der Waals surface area contributed by atoms with Gasteiger partial charge in [-0.1, -0.05) is 18.2 Å². The van der Waals surface area contributed by atoms with Crippen LogP contribution >= 0.6 is 15.9 Å². The van der Waals surface area contributed by atoms with Crippen LogP contribution in [0.4, 0.5) is 11.4 Å². The van der Waals surface area contributed by atoms with Gasteiger partial charge in [-0.3, -0.25) is 4.79 Å². The molecule has 2 rings (SSSR count). The van der Waals surface area contributed by atoms with E-state index in [-0.39, 0.29) is 5.91 Å². The smallest absolute Gasteiger partial charge is 0.255 e. The highest BCUT2D eigenvalue weighted by molar-refractivity contribution is 9.10. The first kappa shape index (κ1) is 11.7. The van der Waals surface area contributed by atoms with Gasteiger partial charge in [0.2, 0.25) is 0 Å². The monoisotopic (exact) mass is 290 g/mol. The van der Waals surface area contributed by atoms with Gasteiger partial charge in [-0.25, -0.2) is 0 Å². The lowest BCUT2D eigenvalue weighted by atomic mass is 10.2. The standard InChI is InChI=1S/C13H11BrN2O/c14-11-6-1-2-7-12(11)16-13(17)9-4-3-5-10(15)8-9/h1-8H,15H2,(H,16,17). The number of para-hydroxylation sites is 1. The SMILES string of the molecule is Nc1cccc(C(=O)Nc2ccccc2Br)c1. The van der Waals surface area contributed by atoms with Crippen LogP contribution in [0.5, 0.6) is 0 Å². The fraction of sp³-hybridized carbons (Fsp3) is 0. The highest BCUT2D eigenvalue weighted by Crippen LogP contribution is 2.22. The number of hydrogen-bond donors (Lipinski definition) is 2. The molecule has 0 atom stereocenters. The average molecular weight is 291 g/mol. The van der Waals surface area contributed by atoms with Crippen molar-refractivity contribution in [1.82, 2.24) is 0 Å². The van der Waals surface area contributed by atoms with Crippen LogP contribution in [0.15, 0.2) is 53.0 Å². The molecule has 0 saturated carbocycles. The largest absolute Gasteiger partial charge is 0.399 e. The van der Waals surface area contributed by atoms with E-state index in [1.807, 2.05) is 24.3 Å². The van der Waals surface area contributed by atoms with E-state index in [0.29, 0.717) is 11.3 Å². The summed E-state index contributed by atoms with van der Waals surface area (Å²) in [5, 5.41) is 2.81. The summed E-state index contributed by atoms with van der Waals surface area (Å²) >= 11 is 3.37. The van der Waals surface area contributed by atoms with E-state index in [2.05, 4.69) is 21.2 Å². The lowest BCUT2D eigenvalue weighted by Crippen LogP contribution is -2.12. The molecule has 0 radical (unpaired) electrons. The molecule has 0 unspecified atom stereocenters. The highest BCUT2D eigenvalue weighted by atomic mass is 79.9. The van der Waals surface area contributed by atoms with Gasteiger partial charge in [-0.15, -0.1) is 0 Å². The summed E-state index contributed by atoms with van der Waals surface area (Å²) in [6.45, 7) is 0. The normalized spacial score (nSPS) is 9.94. The van der Waals surface area contributed by atoms with Crippen molar-refractivity contribution < 1.29 is 4.79 Å². The van der Waals surface area contributed by atoms with Gasteiger partial charge in [0.1, 0.15) is 0 Å². The van der Waals surface area contributed by atoms with Crippen molar-refractivity contribution in [2.75, 3.05) is 11.1 Å². The number of rotatable bonds is 2. The summed E-state index contributed by atoms with van der Waals surface area (Å²) < 4.78 is 0.845. The number of halogens is 1. The van der Waals surface area contributed by atoms with E-state index in [1.54, 1.807) is 24.3 Å². The predicted octanol–water partition coefficient (Wildman–Crippen LogP) is 3.28. The van der Waals surface area contributed by atoms with E-state index in [0.717, 1.165) is 10.2 Å². The highest BCUT2D eigenvalue weighted by Gasteiger charge is 2.07. The third-order valence-electron chi connectivity index (χ3n) is 2.27. The molecule has 3 N–H and O–H groups in total. The number of carbonyl (C=O) groups is 1. The Labute approximate surface area is 108 Å². The molecule has 2 aromatic carbocycles. The van der Waals surface area contributed by atoms with Gasteiger partial charge in [0.25, 0.3) is 5.91 Å². The summed E-state index contributed by atoms with van der Waals surface area (Å²) in [7, 11) is 0. The second-order valence-electron chi connectivity index (χ2n) is 3.56. The molecule has 0 fully saturated rings. The topological polar surface area (TPSA) is 55.1 Å². The number of nitrogens with two attached hydrogens (primary N) is 1. The molecule has 0 aliphatic heterocycles. The lowest BCUT2D eigenvalue weighted by Gasteiger charge is -2.07. The molecule has 0 saturated heterocycles. The predicted molar refractivity (Wildman–Crippen MR) is 72.9 cm³/mol. The Bertz CT molecular complexity index is 555. The van der Waals surface area contributed by atoms with Gasteiger partial charge in [0, 0.05) is 15.7 Å². The Kier molecular flexibility index (Phi) is 3.44. The van der Waals surface area contributed by atoms with Gasteiger partial charge in [0.05, 0.1) is 5.69 Å². The van der Waals surface area contributed by atoms with E-state index in [9.17, 15) is 4.79 Å². The number of amides is 1. The van der Waals surface area contributed by atoms with E-state index >= 15 is 0 Å². The molecule has 0 bridgehead atoms. The van der Waals surface area contributed by atoms with Gasteiger partial charge in [0.15, 0.2) is 0 Å². The van der Waals surface area contributed by atoms with Crippen molar-refractivity contribution in [3.63, 3.8) is 0 Å². The molecule has 0 spiro atoms. The molecule has 86 valence electrons. The molecular formula is C13H11BrN2O. The van der Waals surface area contributed by atoms with Crippen LogP contribution in [0.25, 0.3) is 0 Å². The molecule has 4 heteroatoms. The Hall–Kier alpha value is -1.81. The zero-order valence-corrected chi connectivity index (χ0v) is 10.6. The first-order valence-electron chi connectivity index (χ1n) is 5.08. The van der Waals surface area contributed by atoms with Crippen molar-refractivity contribution in [2.24, 2.45) is 0 Å². The maximum absolute atomic E-state index is 11.9. The number of anilines is 2. The summed E-state index contributed by atoms with van der Waals surface area (Å²) in [4.78, 5) is 11.9. The van der Waals surface area contributed by atoms with E-state index in [4.69, 9.17) is 5.73 Å². The Morgan fingerprint density at radius 3 is 2.59 bits per heavy atom. The molecule has 0 aliphatic rings. The number of nitrogens with one attached hydrogen (secondary N) is 1. The van der Waals surface area contributed by atoms with Gasteiger partial charge in [-0.05, 0) is 46.3 Å². The minimum atomic E-state index is -0.177. The average Bonchev–Trinajstić information content (AvgIpc) is 2.32. The molecule has 0 heterocycles. The summed E-state index contributed by atoms with van der Waals surface area (Å²) in [5.74, 6) is -0.177. The Morgan fingerprint density at radius 2 is 1.88 bits per heavy atom. The third-order valence-corrected chi connectivity index (χ3v) is 2.96. The van der Waals surface area contributed by atoms with Crippen LogP contribution in [-0.4, -0.2) is 5.91 Å². The van der Waals surface area contributed by atoms with Crippen LogP contribution in [0.1, 0.15) is 10.4 Å². The maximum Gasteiger partial charge on any atom is 0.255 e. The van der Waals surface area contributed by atoms with E-state index < -0.39 is 0 Å². The van der Waals surface area contributed by atoms with Crippen LogP contribution in [-0.2, 0) is 0 Å². The lowest BCUT2D eigenvalue weighted by molar-refractivity contribution is 0.102. The minimum Gasteiger partial charge on any atom is -0.399 e.